The average Bonchev–Trinajstić information content (AvgIpc) is 3.34. The van der Waals surface area contributed by atoms with E-state index in [1.54, 1.807) is 55.5 Å². The van der Waals surface area contributed by atoms with Crippen molar-refractivity contribution in [2.24, 2.45) is 0 Å². The first-order valence-electron chi connectivity index (χ1n) is 12.1. The van der Waals surface area contributed by atoms with E-state index in [9.17, 15) is 19.2 Å². The molecular formula is C27H32N2O7. The number of ketones is 1. The topological polar surface area (TPSA) is 120 Å². The highest BCUT2D eigenvalue weighted by atomic mass is 16.7. The largest absolute Gasteiger partial charge is 0.466 e. The van der Waals surface area contributed by atoms with Gasteiger partial charge in [0.15, 0.2) is 17.3 Å². The maximum atomic E-state index is 13.3. The van der Waals surface area contributed by atoms with Crippen LogP contribution < -0.4 is 20.1 Å². The van der Waals surface area contributed by atoms with E-state index in [0.29, 0.717) is 35.5 Å². The van der Waals surface area contributed by atoms with Crippen LogP contribution in [0.25, 0.3) is 0 Å². The standard InChI is InChI=1S/C27H32N2O7/c1-3-5-11-20(28-25(31)16-22(30)18-9-7-6-8-10-18)27(33)29-21(15-26(32)34-4-2)19-12-13-23-24(14-19)36-17-35-23/h6-10,12-14,20-21H,3-5,11,15-17H2,1-2H3,(H,28,31)(H,29,33)/t20-,21-/m0/s1. The van der Waals surface area contributed by atoms with Gasteiger partial charge in [-0.1, -0.05) is 56.2 Å². The van der Waals surface area contributed by atoms with Crippen LogP contribution in [0.15, 0.2) is 48.5 Å². The Kier molecular flexibility index (Phi) is 9.85. The summed E-state index contributed by atoms with van der Waals surface area (Å²) >= 11 is 0. The first kappa shape index (κ1) is 26.7. The Labute approximate surface area is 210 Å². The Morgan fingerprint density at radius 3 is 2.44 bits per heavy atom. The highest BCUT2D eigenvalue weighted by Crippen LogP contribution is 2.35. The number of Topliss-reactive ketones (excluding diaryl/α,β-unsaturated/α-hetero) is 1. The van der Waals surface area contributed by atoms with Gasteiger partial charge < -0.3 is 24.8 Å². The normalized spacial score (nSPS) is 13.4. The molecule has 0 saturated heterocycles. The monoisotopic (exact) mass is 496 g/mol. The molecule has 2 aromatic carbocycles. The summed E-state index contributed by atoms with van der Waals surface area (Å²) in [5.74, 6) is -0.686. The molecule has 3 rings (SSSR count). The third-order valence-electron chi connectivity index (χ3n) is 5.71. The van der Waals surface area contributed by atoms with E-state index in [4.69, 9.17) is 14.2 Å². The van der Waals surface area contributed by atoms with Crippen LogP contribution in [0.2, 0.25) is 0 Å². The molecular weight excluding hydrogens is 464 g/mol. The van der Waals surface area contributed by atoms with Crippen LogP contribution in [0.4, 0.5) is 0 Å². The maximum Gasteiger partial charge on any atom is 0.308 e. The molecule has 0 unspecified atom stereocenters. The summed E-state index contributed by atoms with van der Waals surface area (Å²) in [5.41, 5.74) is 1.07. The molecule has 1 aliphatic rings. The van der Waals surface area contributed by atoms with Gasteiger partial charge in [0.25, 0.3) is 0 Å². The predicted molar refractivity (Wildman–Crippen MR) is 132 cm³/mol. The van der Waals surface area contributed by atoms with Gasteiger partial charge in [0.05, 0.1) is 25.5 Å². The summed E-state index contributed by atoms with van der Waals surface area (Å²) in [4.78, 5) is 50.6. The van der Waals surface area contributed by atoms with E-state index < -0.39 is 29.9 Å². The molecule has 9 nitrogen and oxygen atoms in total. The lowest BCUT2D eigenvalue weighted by atomic mass is 10.0. The number of nitrogens with one attached hydrogen (secondary N) is 2. The molecule has 2 N–H and O–H groups in total. The van der Waals surface area contributed by atoms with Crippen molar-refractivity contribution in [2.75, 3.05) is 13.4 Å². The molecule has 192 valence electrons. The summed E-state index contributed by atoms with van der Waals surface area (Å²) in [6.07, 6.45) is 1.43. The highest BCUT2D eigenvalue weighted by molar-refractivity contribution is 6.08. The number of carbonyl (C=O) groups is 4. The summed E-state index contributed by atoms with van der Waals surface area (Å²) in [7, 11) is 0. The summed E-state index contributed by atoms with van der Waals surface area (Å²) in [6, 6.07) is 12.1. The number of carbonyl (C=O) groups excluding carboxylic acids is 4. The van der Waals surface area contributed by atoms with Gasteiger partial charge >= 0.3 is 5.97 Å². The third-order valence-corrected chi connectivity index (χ3v) is 5.71. The molecule has 9 heteroatoms. The number of ether oxygens (including phenoxy) is 3. The number of fused-ring (bicyclic) bond motifs is 1. The van der Waals surface area contributed by atoms with Crippen molar-refractivity contribution in [2.45, 2.75) is 58.0 Å². The Morgan fingerprint density at radius 2 is 1.72 bits per heavy atom. The molecule has 0 spiro atoms. The van der Waals surface area contributed by atoms with Crippen molar-refractivity contribution in [3.05, 3.63) is 59.7 Å². The van der Waals surface area contributed by atoms with Gasteiger partial charge in [-0.05, 0) is 31.0 Å². The van der Waals surface area contributed by atoms with E-state index in [2.05, 4.69) is 10.6 Å². The second kappa shape index (κ2) is 13.3. The van der Waals surface area contributed by atoms with Crippen LogP contribution >= 0.6 is 0 Å². The molecule has 2 aromatic rings. The number of benzene rings is 2. The number of esters is 1. The van der Waals surface area contributed by atoms with Gasteiger partial charge in [-0.15, -0.1) is 0 Å². The minimum absolute atomic E-state index is 0.0971. The fourth-order valence-corrected chi connectivity index (χ4v) is 3.84. The minimum atomic E-state index is -0.861. The fraction of sp³-hybridized carbons (Fsp3) is 0.407. The highest BCUT2D eigenvalue weighted by Gasteiger charge is 2.27. The molecule has 0 aliphatic carbocycles. The Hall–Kier alpha value is -3.88. The molecule has 0 saturated carbocycles. The van der Waals surface area contributed by atoms with E-state index >= 15 is 0 Å². The molecule has 0 aromatic heterocycles. The maximum absolute atomic E-state index is 13.3. The second-order valence-corrected chi connectivity index (χ2v) is 8.41. The molecule has 0 fully saturated rings. The smallest absolute Gasteiger partial charge is 0.308 e. The van der Waals surface area contributed by atoms with Gasteiger partial charge in [0.1, 0.15) is 6.04 Å². The van der Waals surface area contributed by atoms with E-state index in [-0.39, 0.29) is 32.0 Å². The minimum Gasteiger partial charge on any atom is -0.466 e. The van der Waals surface area contributed by atoms with Gasteiger partial charge in [0.2, 0.25) is 18.6 Å². The average molecular weight is 497 g/mol. The molecule has 1 aliphatic heterocycles. The zero-order valence-corrected chi connectivity index (χ0v) is 20.6. The first-order chi connectivity index (χ1) is 17.4. The van der Waals surface area contributed by atoms with Crippen molar-refractivity contribution in [1.29, 1.82) is 0 Å². The summed E-state index contributed by atoms with van der Waals surface area (Å²) in [5, 5.41) is 5.57. The van der Waals surface area contributed by atoms with E-state index in [1.807, 2.05) is 6.92 Å². The van der Waals surface area contributed by atoms with Crippen LogP contribution in [-0.2, 0) is 19.1 Å². The zero-order valence-electron chi connectivity index (χ0n) is 20.6. The lowest BCUT2D eigenvalue weighted by Crippen LogP contribution is -2.48. The Morgan fingerprint density at radius 1 is 0.972 bits per heavy atom. The quantitative estimate of drug-likeness (QED) is 0.247. The molecule has 2 amide bonds. The number of amides is 2. The van der Waals surface area contributed by atoms with Gasteiger partial charge in [-0.25, -0.2) is 0 Å². The van der Waals surface area contributed by atoms with Crippen LogP contribution in [0.3, 0.4) is 0 Å². The SMILES string of the molecule is CCCC[C@H](NC(=O)CC(=O)c1ccccc1)C(=O)N[C@@H](CC(=O)OCC)c1ccc2c(c1)OCO2. The van der Waals surface area contributed by atoms with E-state index in [0.717, 1.165) is 6.42 Å². The Bertz CT molecular complexity index is 1070. The van der Waals surface area contributed by atoms with Crippen LogP contribution in [0.1, 0.15) is 67.9 Å². The summed E-state index contributed by atoms with van der Waals surface area (Å²) in [6.45, 7) is 4.00. The van der Waals surface area contributed by atoms with Crippen molar-refractivity contribution in [1.82, 2.24) is 10.6 Å². The van der Waals surface area contributed by atoms with Crippen molar-refractivity contribution in [3.63, 3.8) is 0 Å². The summed E-state index contributed by atoms with van der Waals surface area (Å²) < 4.78 is 15.9. The van der Waals surface area contributed by atoms with Crippen molar-refractivity contribution in [3.8, 4) is 11.5 Å². The number of unbranched alkanes of at least 4 members (excludes halogenated alkanes) is 1. The van der Waals surface area contributed by atoms with Gasteiger partial charge in [-0.3, -0.25) is 19.2 Å². The van der Waals surface area contributed by atoms with Crippen molar-refractivity contribution < 1.29 is 33.4 Å². The molecule has 1 heterocycles. The lowest BCUT2D eigenvalue weighted by molar-refractivity contribution is -0.144. The molecule has 36 heavy (non-hydrogen) atoms. The molecule has 2 atom stereocenters. The number of hydrogen-bond acceptors (Lipinski definition) is 7. The Balaban J connectivity index is 1.72. The zero-order chi connectivity index (χ0) is 25.9. The van der Waals surface area contributed by atoms with Crippen molar-refractivity contribution >= 4 is 23.6 Å². The predicted octanol–water partition coefficient (Wildman–Crippen LogP) is 3.47. The van der Waals surface area contributed by atoms with Crippen LogP contribution in [0, 0.1) is 0 Å². The number of hydrogen-bond donors (Lipinski definition) is 2. The third kappa shape index (κ3) is 7.56. The van der Waals surface area contributed by atoms with E-state index in [1.165, 1.54) is 0 Å². The first-order valence-corrected chi connectivity index (χ1v) is 12.1. The number of rotatable bonds is 13. The van der Waals surface area contributed by atoms with Gasteiger partial charge in [-0.2, -0.15) is 0 Å². The molecule has 0 bridgehead atoms. The lowest BCUT2D eigenvalue weighted by Gasteiger charge is -2.23. The van der Waals surface area contributed by atoms with Gasteiger partial charge in [0, 0.05) is 5.56 Å². The molecule has 0 radical (unpaired) electrons. The fourth-order valence-electron chi connectivity index (χ4n) is 3.84. The van der Waals surface area contributed by atoms with Crippen LogP contribution in [-0.4, -0.2) is 43.0 Å². The van der Waals surface area contributed by atoms with Crippen LogP contribution in [0.5, 0.6) is 11.5 Å². The second-order valence-electron chi connectivity index (χ2n) is 8.41.